The van der Waals surface area contributed by atoms with Crippen molar-refractivity contribution in [3.63, 3.8) is 0 Å². The summed E-state index contributed by atoms with van der Waals surface area (Å²) >= 11 is 1.68. The zero-order chi connectivity index (χ0) is 19.5. The summed E-state index contributed by atoms with van der Waals surface area (Å²) in [5.74, 6) is 1.30. The Morgan fingerprint density at radius 1 is 0.893 bits per heavy atom. The Bertz CT molecular complexity index is 977. The monoisotopic (exact) mass is 392 g/mol. The van der Waals surface area contributed by atoms with E-state index in [0.29, 0.717) is 18.0 Å². The first-order valence-electron chi connectivity index (χ1n) is 8.86. The average Bonchev–Trinajstić information content (AvgIpc) is 2.75. The summed E-state index contributed by atoms with van der Waals surface area (Å²) in [6.45, 7) is 0.382. The number of methoxy groups -OCH3 is 2. The molecule has 0 bridgehead atoms. The normalized spacial score (nSPS) is 12.0. The van der Waals surface area contributed by atoms with Crippen LogP contribution in [-0.4, -0.2) is 20.3 Å². The van der Waals surface area contributed by atoms with E-state index < -0.39 is 0 Å². The van der Waals surface area contributed by atoms with E-state index in [-0.39, 0.29) is 6.03 Å². The highest BCUT2D eigenvalue weighted by molar-refractivity contribution is 7.99. The van der Waals surface area contributed by atoms with Crippen molar-refractivity contribution >= 4 is 29.2 Å². The number of benzene rings is 3. The highest BCUT2D eigenvalue weighted by Gasteiger charge is 2.27. The molecule has 0 spiro atoms. The van der Waals surface area contributed by atoms with Gasteiger partial charge in [-0.2, -0.15) is 0 Å². The summed E-state index contributed by atoms with van der Waals surface area (Å²) in [6, 6.07) is 21.3. The lowest BCUT2D eigenvalue weighted by Crippen LogP contribution is -2.37. The summed E-state index contributed by atoms with van der Waals surface area (Å²) in [6.07, 6.45) is 0. The van der Waals surface area contributed by atoms with Gasteiger partial charge < -0.3 is 14.8 Å². The van der Waals surface area contributed by atoms with Gasteiger partial charge in [-0.05, 0) is 42.0 Å². The van der Waals surface area contributed by atoms with Crippen LogP contribution in [0.1, 0.15) is 5.56 Å². The number of urea groups is 1. The first kappa shape index (κ1) is 18.3. The van der Waals surface area contributed by atoms with Gasteiger partial charge in [-0.3, -0.25) is 4.90 Å². The van der Waals surface area contributed by atoms with Gasteiger partial charge in [-0.1, -0.05) is 42.1 Å². The molecule has 3 aromatic carbocycles. The molecule has 0 aliphatic carbocycles. The standard InChI is InChI=1S/C22H20N2O3S/c1-26-18-12-11-15(13-19(18)27-2)14-23-22(25)24-16-7-3-5-9-20(16)28-21-10-6-4-8-17(21)24/h3-13H,14H2,1-2H3,(H,23,25). The van der Waals surface area contributed by atoms with Crippen molar-refractivity contribution in [1.29, 1.82) is 0 Å². The fourth-order valence-corrected chi connectivity index (χ4v) is 4.23. The van der Waals surface area contributed by atoms with Crippen LogP contribution in [0.2, 0.25) is 0 Å². The number of anilines is 2. The van der Waals surface area contributed by atoms with Crippen molar-refractivity contribution < 1.29 is 14.3 Å². The molecule has 1 aliphatic heterocycles. The first-order valence-corrected chi connectivity index (χ1v) is 9.67. The molecule has 3 aromatic rings. The molecule has 0 fully saturated rings. The summed E-state index contributed by atoms with van der Waals surface area (Å²) in [5, 5.41) is 3.02. The summed E-state index contributed by atoms with van der Waals surface area (Å²) < 4.78 is 10.6. The van der Waals surface area contributed by atoms with Crippen molar-refractivity contribution in [3.05, 3.63) is 72.3 Å². The fraction of sp³-hybridized carbons (Fsp3) is 0.136. The van der Waals surface area contributed by atoms with Crippen LogP contribution in [0.15, 0.2) is 76.5 Å². The van der Waals surface area contributed by atoms with Crippen LogP contribution in [0.4, 0.5) is 16.2 Å². The first-order chi connectivity index (χ1) is 13.7. The lowest BCUT2D eigenvalue weighted by molar-refractivity contribution is 0.248. The van der Waals surface area contributed by atoms with Gasteiger partial charge in [0.2, 0.25) is 0 Å². The lowest BCUT2D eigenvalue weighted by atomic mass is 10.2. The molecule has 1 heterocycles. The predicted molar refractivity (Wildman–Crippen MR) is 111 cm³/mol. The van der Waals surface area contributed by atoms with Gasteiger partial charge in [0.15, 0.2) is 11.5 Å². The minimum atomic E-state index is -0.171. The molecule has 0 radical (unpaired) electrons. The number of ether oxygens (including phenoxy) is 2. The third-order valence-corrected chi connectivity index (χ3v) is 5.66. The van der Waals surface area contributed by atoms with Crippen LogP contribution < -0.4 is 19.7 Å². The van der Waals surface area contributed by atoms with Crippen LogP contribution in [-0.2, 0) is 6.54 Å². The largest absolute Gasteiger partial charge is 0.493 e. The summed E-state index contributed by atoms with van der Waals surface area (Å²) in [7, 11) is 3.20. The van der Waals surface area contributed by atoms with Crippen molar-refractivity contribution in [2.45, 2.75) is 16.3 Å². The van der Waals surface area contributed by atoms with E-state index in [1.54, 1.807) is 30.9 Å². The van der Waals surface area contributed by atoms with Gasteiger partial charge in [0.1, 0.15) is 0 Å². The lowest BCUT2D eigenvalue weighted by Gasteiger charge is -2.31. The van der Waals surface area contributed by atoms with E-state index >= 15 is 0 Å². The van der Waals surface area contributed by atoms with Crippen molar-refractivity contribution in [1.82, 2.24) is 5.32 Å². The van der Waals surface area contributed by atoms with Crippen LogP contribution >= 0.6 is 11.8 Å². The van der Waals surface area contributed by atoms with E-state index in [4.69, 9.17) is 9.47 Å². The van der Waals surface area contributed by atoms with Crippen LogP contribution in [0.3, 0.4) is 0 Å². The number of nitrogens with zero attached hydrogens (tertiary/aromatic N) is 1. The molecular weight excluding hydrogens is 372 g/mol. The van der Waals surface area contributed by atoms with E-state index in [0.717, 1.165) is 26.7 Å². The van der Waals surface area contributed by atoms with E-state index in [1.807, 2.05) is 66.7 Å². The number of para-hydroxylation sites is 2. The van der Waals surface area contributed by atoms with Gasteiger partial charge in [0.05, 0.1) is 25.6 Å². The Labute approximate surface area is 168 Å². The maximum atomic E-state index is 13.1. The molecule has 142 valence electrons. The molecule has 28 heavy (non-hydrogen) atoms. The van der Waals surface area contributed by atoms with Crippen molar-refractivity contribution in [2.24, 2.45) is 0 Å². The maximum absolute atomic E-state index is 13.1. The molecule has 2 amide bonds. The smallest absolute Gasteiger partial charge is 0.326 e. The number of carbonyl (C=O) groups excluding carboxylic acids is 1. The zero-order valence-electron chi connectivity index (χ0n) is 15.6. The molecule has 0 saturated heterocycles. The quantitative estimate of drug-likeness (QED) is 0.662. The summed E-state index contributed by atoms with van der Waals surface area (Å²) in [4.78, 5) is 17.0. The molecule has 0 unspecified atom stereocenters. The Balaban J connectivity index is 1.59. The minimum absolute atomic E-state index is 0.171. The Kier molecular flexibility index (Phi) is 5.12. The molecule has 1 N–H and O–H groups in total. The molecule has 0 aromatic heterocycles. The van der Waals surface area contributed by atoms with Crippen LogP contribution in [0.5, 0.6) is 11.5 Å². The third-order valence-electron chi connectivity index (χ3n) is 4.53. The number of rotatable bonds is 4. The van der Waals surface area contributed by atoms with Gasteiger partial charge in [0.25, 0.3) is 0 Å². The van der Waals surface area contributed by atoms with Gasteiger partial charge >= 0.3 is 6.03 Å². The topological polar surface area (TPSA) is 50.8 Å². The van der Waals surface area contributed by atoms with E-state index in [9.17, 15) is 4.79 Å². The molecule has 1 aliphatic rings. The number of nitrogens with one attached hydrogen (secondary N) is 1. The van der Waals surface area contributed by atoms with Gasteiger partial charge in [-0.15, -0.1) is 0 Å². The third kappa shape index (κ3) is 3.39. The minimum Gasteiger partial charge on any atom is -0.493 e. The SMILES string of the molecule is COc1ccc(CNC(=O)N2c3ccccc3Sc3ccccc32)cc1OC. The number of carbonyl (C=O) groups is 1. The second-order valence-electron chi connectivity index (χ2n) is 6.22. The van der Waals surface area contributed by atoms with Gasteiger partial charge in [-0.25, -0.2) is 4.79 Å². The summed E-state index contributed by atoms with van der Waals surface area (Å²) in [5.41, 5.74) is 2.70. The van der Waals surface area contributed by atoms with Crippen molar-refractivity contribution in [2.75, 3.05) is 19.1 Å². The molecule has 4 rings (SSSR count). The molecular formula is C22H20N2O3S. The fourth-order valence-electron chi connectivity index (χ4n) is 3.17. The molecule has 0 atom stereocenters. The number of fused-ring (bicyclic) bond motifs is 2. The Hall–Kier alpha value is -3.12. The van der Waals surface area contributed by atoms with Crippen LogP contribution in [0, 0.1) is 0 Å². The maximum Gasteiger partial charge on any atom is 0.326 e. The zero-order valence-corrected chi connectivity index (χ0v) is 16.5. The predicted octanol–water partition coefficient (Wildman–Crippen LogP) is 5.22. The second-order valence-corrected chi connectivity index (χ2v) is 7.30. The molecule has 0 saturated carbocycles. The Morgan fingerprint density at radius 3 is 2.11 bits per heavy atom. The van der Waals surface area contributed by atoms with Crippen LogP contribution in [0.25, 0.3) is 0 Å². The highest BCUT2D eigenvalue weighted by Crippen LogP contribution is 2.47. The number of amides is 2. The molecule has 6 heteroatoms. The average molecular weight is 392 g/mol. The molecule has 5 nitrogen and oxygen atoms in total. The van der Waals surface area contributed by atoms with Gasteiger partial charge in [0, 0.05) is 16.3 Å². The van der Waals surface area contributed by atoms with Crippen molar-refractivity contribution in [3.8, 4) is 11.5 Å². The van der Waals surface area contributed by atoms with E-state index in [1.165, 1.54) is 0 Å². The second kappa shape index (κ2) is 7.86. The highest BCUT2D eigenvalue weighted by atomic mass is 32.2. The number of hydrogen-bond acceptors (Lipinski definition) is 4. The Morgan fingerprint density at radius 2 is 1.50 bits per heavy atom. The van der Waals surface area contributed by atoms with E-state index in [2.05, 4.69) is 5.32 Å². The number of hydrogen-bond donors (Lipinski definition) is 1.